The van der Waals surface area contributed by atoms with Crippen molar-refractivity contribution in [1.29, 1.82) is 0 Å². The predicted molar refractivity (Wildman–Crippen MR) is 101 cm³/mol. The van der Waals surface area contributed by atoms with Gasteiger partial charge in [-0.1, -0.05) is 28.1 Å². The lowest BCUT2D eigenvalue weighted by molar-refractivity contribution is -0.122. The van der Waals surface area contributed by atoms with Crippen molar-refractivity contribution in [3.8, 4) is 0 Å². The van der Waals surface area contributed by atoms with Crippen molar-refractivity contribution in [3.05, 3.63) is 34.3 Å². The van der Waals surface area contributed by atoms with Crippen molar-refractivity contribution in [2.75, 3.05) is 19.6 Å². The summed E-state index contributed by atoms with van der Waals surface area (Å²) < 4.78 is 6.85. The highest BCUT2D eigenvalue weighted by atomic mass is 79.9. The molecule has 24 heavy (non-hydrogen) atoms. The molecule has 1 aliphatic heterocycles. The third-order valence-electron chi connectivity index (χ3n) is 4.52. The van der Waals surface area contributed by atoms with Crippen LogP contribution in [0.5, 0.6) is 0 Å². The van der Waals surface area contributed by atoms with Gasteiger partial charge in [0.15, 0.2) is 0 Å². The minimum atomic E-state index is -0.0717. The molecule has 134 valence electrons. The van der Waals surface area contributed by atoms with Crippen LogP contribution in [0.15, 0.2) is 28.7 Å². The maximum Gasteiger partial charge on any atom is 0.220 e. The molecule has 2 unspecified atom stereocenters. The average Bonchev–Trinajstić information content (AvgIpc) is 2.50. The van der Waals surface area contributed by atoms with Crippen molar-refractivity contribution in [3.63, 3.8) is 0 Å². The first-order chi connectivity index (χ1) is 11.3. The molecule has 2 rings (SSSR count). The predicted octanol–water partition coefficient (Wildman–Crippen LogP) is 3.39. The molecule has 1 fully saturated rings. The quantitative estimate of drug-likeness (QED) is 0.800. The molecule has 1 saturated heterocycles. The lowest BCUT2D eigenvalue weighted by Gasteiger charge is -2.45. The van der Waals surface area contributed by atoms with Gasteiger partial charge in [0.05, 0.1) is 12.2 Å². The molecule has 4 nitrogen and oxygen atoms in total. The first kappa shape index (κ1) is 19.4. The van der Waals surface area contributed by atoms with Crippen LogP contribution >= 0.6 is 15.9 Å². The molecular weight excluding hydrogens is 368 g/mol. The number of amides is 1. The summed E-state index contributed by atoms with van der Waals surface area (Å²) >= 11 is 3.46. The van der Waals surface area contributed by atoms with Gasteiger partial charge >= 0.3 is 0 Å². The highest BCUT2D eigenvalue weighted by molar-refractivity contribution is 9.10. The Bertz CT molecular complexity index is 552. The first-order valence-electron chi connectivity index (χ1n) is 8.68. The number of ether oxygens (including phenoxy) is 1. The Labute approximate surface area is 154 Å². The Balaban J connectivity index is 1.79. The molecule has 1 aliphatic rings. The van der Waals surface area contributed by atoms with E-state index in [0.29, 0.717) is 13.0 Å². The number of carbonyl (C=O) groups is 1. The molecule has 1 heterocycles. The van der Waals surface area contributed by atoms with Crippen LogP contribution in [-0.4, -0.2) is 48.2 Å². The number of benzene rings is 1. The van der Waals surface area contributed by atoms with Gasteiger partial charge in [-0.15, -0.1) is 0 Å². The fraction of sp³-hybridized carbons (Fsp3) is 0.632. The Kier molecular flexibility index (Phi) is 6.84. The highest BCUT2D eigenvalue weighted by Gasteiger charge is 2.33. The second-order valence-electron chi connectivity index (χ2n) is 7.38. The van der Waals surface area contributed by atoms with Gasteiger partial charge in [0.2, 0.25) is 5.91 Å². The second-order valence-corrected chi connectivity index (χ2v) is 8.30. The SMILES string of the molecule is CC1CN(C(C)(C)CNC(=O)CCc2cccc(Br)c2)CC(C)O1. The van der Waals surface area contributed by atoms with Gasteiger partial charge in [-0.3, -0.25) is 9.69 Å². The number of hydrogen-bond donors (Lipinski definition) is 1. The molecule has 0 bridgehead atoms. The number of carbonyl (C=O) groups excluding carboxylic acids is 1. The van der Waals surface area contributed by atoms with Gasteiger partial charge < -0.3 is 10.1 Å². The van der Waals surface area contributed by atoms with Crippen LogP contribution in [0.4, 0.5) is 0 Å². The summed E-state index contributed by atoms with van der Waals surface area (Å²) in [6.07, 6.45) is 1.75. The van der Waals surface area contributed by atoms with E-state index in [4.69, 9.17) is 4.74 Å². The van der Waals surface area contributed by atoms with Crippen molar-refractivity contribution >= 4 is 21.8 Å². The van der Waals surface area contributed by atoms with E-state index < -0.39 is 0 Å². The highest BCUT2D eigenvalue weighted by Crippen LogP contribution is 2.20. The van der Waals surface area contributed by atoms with Crippen LogP contribution in [-0.2, 0) is 16.0 Å². The summed E-state index contributed by atoms with van der Waals surface area (Å²) in [6, 6.07) is 8.11. The monoisotopic (exact) mass is 396 g/mol. The molecular formula is C19H29BrN2O2. The fourth-order valence-electron chi connectivity index (χ4n) is 3.14. The zero-order chi connectivity index (χ0) is 17.7. The van der Waals surface area contributed by atoms with Gasteiger partial charge in [0, 0.05) is 36.1 Å². The number of nitrogens with one attached hydrogen (secondary N) is 1. The van der Waals surface area contributed by atoms with Crippen LogP contribution in [0, 0.1) is 0 Å². The number of halogens is 1. The number of hydrogen-bond acceptors (Lipinski definition) is 3. The largest absolute Gasteiger partial charge is 0.373 e. The van der Waals surface area contributed by atoms with Crippen LogP contribution in [0.2, 0.25) is 0 Å². The maximum atomic E-state index is 12.2. The molecule has 0 aromatic heterocycles. The molecule has 0 saturated carbocycles. The van der Waals surface area contributed by atoms with Crippen molar-refractivity contribution in [2.45, 2.75) is 58.3 Å². The number of aryl methyl sites for hydroxylation is 1. The fourth-order valence-corrected chi connectivity index (χ4v) is 3.58. The van der Waals surface area contributed by atoms with Gasteiger partial charge in [0.25, 0.3) is 0 Å². The van der Waals surface area contributed by atoms with E-state index in [1.54, 1.807) is 0 Å². The molecule has 0 radical (unpaired) electrons. The minimum absolute atomic E-state index is 0.0717. The molecule has 1 aromatic carbocycles. The third-order valence-corrected chi connectivity index (χ3v) is 5.02. The summed E-state index contributed by atoms with van der Waals surface area (Å²) in [4.78, 5) is 14.6. The van der Waals surface area contributed by atoms with E-state index in [-0.39, 0.29) is 23.7 Å². The molecule has 0 spiro atoms. The van der Waals surface area contributed by atoms with Gasteiger partial charge in [-0.05, 0) is 51.8 Å². The van der Waals surface area contributed by atoms with E-state index >= 15 is 0 Å². The van der Waals surface area contributed by atoms with Crippen molar-refractivity contribution in [2.24, 2.45) is 0 Å². The summed E-state index contributed by atoms with van der Waals surface area (Å²) in [7, 11) is 0. The summed E-state index contributed by atoms with van der Waals surface area (Å²) in [5.74, 6) is 0.109. The van der Waals surface area contributed by atoms with Gasteiger partial charge in [-0.25, -0.2) is 0 Å². The van der Waals surface area contributed by atoms with E-state index in [1.165, 1.54) is 5.56 Å². The number of morpholine rings is 1. The van der Waals surface area contributed by atoms with Crippen LogP contribution in [0.25, 0.3) is 0 Å². The second kappa shape index (κ2) is 8.45. The Hall–Kier alpha value is -0.910. The van der Waals surface area contributed by atoms with Crippen molar-refractivity contribution in [1.82, 2.24) is 10.2 Å². The standard InChI is InChI=1S/C19H29BrN2O2/c1-14-11-22(12-15(2)24-14)19(3,4)13-21-18(23)9-8-16-6-5-7-17(20)10-16/h5-7,10,14-15H,8-9,11-13H2,1-4H3,(H,21,23). The van der Waals surface area contributed by atoms with E-state index in [2.05, 4.69) is 66.0 Å². The summed E-state index contributed by atoms with van der Waals surface area (Å²) in [5.41, 5.74) is 1.10. The molecule has 1 aromatic rings. The smallest absolute Gasteiger partial charge is 0.220 e. The van der Waals surface area contributed by atoms with E-state index in [0.717, 1.165) is 24.0 Å². The Morgan fingerprint density at radius 2 is 2.00 bits per heavy atom. The van der Waals surface area contributed by atoms with Gasteiger partial charge in [0.1, 0.15) is 0 Å². The summed E-state index contributed by atoms with van der Waals surface area (Å²) in [5, 5.41) is 3.10. The molecule has 0 aliphatic carbocycles. The number of rotatable bonds is 6. The van der Waals surface area contributed by atoms with Crippen LogP contribution in [0.1, 0.15) is 39.7 Å². The van der Waals surface area contributed by atoms with E-state index in [1.807, 2.05) is 12.1 Å². The van der Waals surface area contributed by atoms with Crippen LogP contribution < -0.4 is 5.32 Å². The minimum Gasteiger partial charge on any atom is -0.373 e. The topological polar surface area (TPSA) is 41.6 Å². The maximum absolute atomic E-state index is 12.2. The first-order valence-corrected chi connectivity index (χ1v) is 9.47. The molecule has 5 heteroatoms. The van der Waals surface area contributed by atoms with Crippen molar-refractivity contribution < 1.29 is 9.53 Å². The number of nitrogens with zero attached hydrogens (tertiary/aromatic N) is 1. The lowest BCUT2D eigenvalue weighted by Crippen LogP contribution is -2.58. The lowest BCUT2D eigenvalue weighted by atomic mass is 10.00. The van der Waals surface area contributed by atoms with Gasteiger partial charge in [-0.2, -0.15) is 0 Å². The Morgan fingerprint density at radius 3 is 2.62 bits per heavy atom. The molecule has 1 amide bonds. The zero-order valence-electron chi connectivity index (χ0n) is 15.1. The van der Waals surface area contributed by atoms with Crippen LogP contribution in [0.3, 0.4) is 0 Å². The molecule has 1 N–H and O–H groups in total. The zero-order valence-corrected chi connectivity index (χ0v) is 16.7. The Morgan fingerprint density at radius 1 is 1.33 bits per heavy atom. The molecule has 2 atom stereocenters. The summed E-state index contributed by atoms with van der Waals surface area (Å²) in [6.45, 7) is 11.1. The normalized spacial score (nSPS) is 22.4. The average molecular weight is 397 g/mol. The third kappa shape index (κ3) is 5.87. The van der Waals surface area contributed by atoms with E-state index in [9.17, 15) is 4.79 Å².